The number of para-hydroxylation sites is 3. The van der Waals surface area contributed by atoms with Crippen molar-refractivity contribution in [3.05, 3.63) is 206 Å². The number of hydrogen-bond acceptors (Lipinski definition) is 2. The van der Waals surface area contributed by atoms with E-state index in [2.05, 4.69) is 220 Å². The zero-order valence-electron chi connectivity index (χ0n) is 28.9. The van der Waals surface area contributed by atoms with E-state index in [-0.39, 0.29) is 0 Å². The van der Waals surface area contributed by atoms with E-state index in [1.165, 1.54) is 33.4 Å². The van der Waals surface area contributed by atoms with E-state index in [0.717, 1.165) is 50.6 Å². The Kier molecular flexibility index (Phi) is 7.43. The molecule has 2 heterocycles. The van der Waals surface area contributed by atoms with Gasteiger partial charge in [0, 0.05) is 17.1 Å². The molecule has 0 unspecified atom stereocenters. The summed E-state index contributed by atoms with van der Waals surface area (Å²) < 4.78 is 4.62. The maximum absolute atomic E-state index is 5.25. The summed E-state index contributed by atoms with van der Waals surface area (Å²) in [5, 5.41) is 0. The number of imidazole rings is 2. The maximum Gasteiger partial charge on any atom is 0.220 e. The summed E-state index contributed by atoms with van der Waals surface area (Å²) in [6.07, 6.45) is 0. The summed E-state index contributed by atoms with van der Waals surface area (Å²) in [4.78, 5) is 7.63. The quantitative estimate of drug-likeness (QED) is 0.168. The molecular weight excluding hydrogens is 645 g/mol. The van der Waals surface area contributed by atoms with Gasteiger partial charge in [0.15, 0.2) is 0 Å². The van der Waals surface area contributed by atoms with Crippen LogP contribution in [0.25, 0.3) is 66.9 Å². The van der Waals surface area contributed by atoms with Crippen molar-refractivity contribution >= 4 is 44.9 Å². The van der Waals surface area contributed by atoms with Gasteiger partial charge < -0.3 is 4.90 Å². The Labute approximate surface area is 308 Å². The fraction of sp³-hybridized carbons (Fsp3) is 0. The van der Waals surface area contributed by atoms with Crippen molar-refractivity contribution < 1.29 is 0 Å². The number of hydrogen-bond donors (Lipinski definition) is 0. The number of aromatic nitrogens is 3. The smallest absolute Gasteiger partial charge is 0.220 e. The second-order valence-electron chi connectivity index (χ2n) is 13.3. The van der Waals surface area contributed by atoms with Crippen LogP contribution in [0.2, 0.25) is 0 Å². The summed E-state index contributed by atoms with van der Waals surface area (Å²) in [5.41, 5.74) is 15.6. The molecule has 0 aliphatic rings. The molecule has 2 aromatic heterocycles. The Bertz CT molecular complexity index is 2750. The first kappa shape index (κ1) is 30.6. The SMILES string of the molecule is c1ccc(-c2ccc(N(c3ccc(-c4ccccc4)cc3)c3cccc4c3n(-c3ccc(-c5ccccc5)cc3)c3nc5ccccc5n43)cc2)cc1. The van der Waals surface area contributed by atoms with Gasteiger partial charge in [0.1, 0.15) is 0 Å². The molecule has 0 saturated carbocycles. The zero-order valence-corrected chi connectivity index (χ0v) is 28.9. The van der Waals surface area contributed by atoms with E-state index in [0.29, 0.717) is 0 Å². The topological polar surface area (TPSA) is 25.5 Å². The van der Waals surface area contributed by atoms with E-state index in [4.69, 9.17) is 4.98 Å². The van der Waals surface area contributed by atoms with Gasteiger partial charge in [-0.05, 0) is 94.0 Å². The van der Waals surface area contributed by atoms with E-state index in [1.54, 1.807) is 0 Å². The minimum absolute atomic E-state index is 0.875. The summed E-state index contributed by atoms with van der Waals surface area (Å²) in [6.45, 7) is 0. The molecule has 53 heavy (non-hydrogen) atoms. The minimum atomic E-state index is 0.875. The van der Waals surface area contributed by atoms with Gasteiger partial charge in [-0.25, -0.2) is 4.98 Å². The molecule has 0 bridgehead atoms. The molecule has 0 radical (unpaired) electrons. The zero-order chi connectivity index (χ0) is 35.1. The maximum atomic E-state index is 5.25. The monoisotopic (exact) mass is 678 g/mol. The number of rotatable bonds is 7. The predicted octanol–water partition coefficient (Wildman–Crippen LogP) is 12.9. The number of nitrogens with zero attached hydrogens (tertiary/aromatic N) is 4. The lowest BCUT2D eigenvalue weighted by molar-refractivity contribution is 1.10. The molecular formula is C49H34N4. The standard InChI is InChI=1S/C49H34N4/c1-4-13-35(14-5-1)38-23-29-41(30-24-38)51(42-31-25-39(26-32-42)36-15-6-2-7-16-36)46-21-12-22-47-48(46)52(49-50-44-19-10-11-20-45(44)53(47)49)43-33-27-40(28-34-43)37-17-8-3-9-18-37/h1-34H. The Morgan fingerprint density at radius 1 is 0.358 bits per heavy atom. The molecule has 0 N–H and O–H groups in total. The van der Waals surface area contributed by atoms with Crippen LogP contribution in [0.5, 0.6) is 0 Å². The van der Waals surface area contributed by atoms with Crippen molar-refractivity contribution in [3.63, 3.8) is 0 Å². The Hall–Kier alpha value is -7.17. The van der Waals surface area contributed by atoms with Crippen LogP contribution in [0, 0.1) is 0 Å². The van der Waals surface area contributed by atoms with Crippen LogP contribution in [0.3, 0.4) is 0 Å². The molecule has 4 heteroatoms. The van der Waals surface area contributed by atoms with E-state index in [1.807, 2.05) is 0 Å². The number of anilines is 3. The third kappa shape index (κ3) is 5.36. The Morgan fingerprint density at radius 2 is 0.792 bits per heavy atom. The van der Waals surface area contributed by atoms with E-state index >= 15 is 0 Å². The second kappa shape index (κ2) is 12.9. The van der Waals surface area contributed by atoms with Gasteiger partial charge >= 0.3 is 0 Å². The molecule has 0 aliphatic heterocycles. The largest absolute Gasteiger partial charge is 0.308 e. The van der Waals surface area contributed by atoms with E-state index < -0.39 is 0 Å². The lowest BCUT2D eigenvalue weighted by Crippen LogP contribution is -2.11. The molecule has 0 saturated heterocycles. The van der Waals surface area contributed by atoms with Crippen molar-refractivity contribution in [1.29, 1.82) is 0 Å². The second-order valence-corrected chi connectivity index (χ2v) is 13.3. The highest BCUT2D eigenvalue weighted by molar-refractivity contribution is 6.01. The summed E-state index contributed by atoms with van der Waals surface area (Å²) in [5.74, 6) is 0.875. The van der Waals surface area contributed by atoms with Gasteiger partial charge in [-0.1, -0.05) is 146 Å². The van der Waals surface area contributed by atoms with Crippen LogP contribution < -0.4 is 4.90 Å². The predicted molar refractivity (Wildman–Crippen MR) is 221 cm³/mol. The van der Waals surface area contributed by atoms with Crippen LogP contribution in [-0.2, 0) is 0 Å². The van der Waals surface area contributed by atoms with Gasteiger partial charge in [-0.15, -0.1) is 0 Å². The van der Waals surface area contributed by atoms with Crippen LogP contribution in [-0.4, -0.2) is 14.0 Å². The van der Waals surface area contributed by atoms with Gasteiger partial charge in [0.05, 0.1) is 27.8 Å². The fourth-order valence-electron chi connectivity index (χ4n) is 7.58. The summed E-state index contributed by atoms with van der Waals surface area (Å²) >= 11 is 0. The van der Waals surface area contributed by atoms with Crippen LogP contribution >= 0.6 is 0 Å². The lowest BCUT2D eigenvalue weighted by atomic mass is 10.0. The van der Waals surface area contributed by atoms with Gasteiger partial charge in [0.2, 0.25) is 5.78 Å². The highest BCUT2D eigenvalue weighted by Crippen LogP contribution is 2.43. The molecule has 0 aliphatic carbocycles. The van der Waals surface area contributed by atoms with Gasteiger partial charge in [-0.2, -0.15) is 0 Å². The van der Waals surface area contributed by atoms with Crippen molar-refractivity contribution in [2.75, 3.05) is 4.90 Å². The third-order valence-corrected chi connectivity index (χ3v) is 10.1. The van der Waals surface area contributed by atoms with Gasteiger partial charge in [0.25, 0.3) is 0 Å². The molecule has 0 atom stereocenters. The van der Waals surface area contributed by atoms with Crippen LogP contribution in [0.1, 0.15) is 0 Å². The first-order valence-corrected chi connectivity index (χ1v) is 18.0. The Morgan fingerprint density at radius 3 is 1.32 bits per heavy atom. The van der Waals surface area contributed by atoms with Crippen molar-refractivity contribution in [3.8, 4) is 39.1 Å². The molecule has 0 fully saturated rings. The number of fused-ring (bicyclic) bond motifs is 5. The highest BCUT2D eigenvalue weighted by Gasteiger charge is 2.24. The first-order valence-electron chi connectivity index (χ1n) is 18.0. The van der Waals surface area contributed by atoms with Crippen molar-refractivity contribution in [2.24, 2.45) is 0 Å². The fourth-order valence-corrected chi connectivity index (χ4v) is 7.58. The Balaban J connectivity index is 1.21. The normalized spacial score (nSPS) is 11.4. The lowest BCUT2D eigenvalue weighted by Gasteiger charge is -2.27. The summed E-state index contributed by atoms with van der Waals surface area (Å²) in [6, 6.07) is 73.3. The van der Waals surface area contributed by atoms with Crippen molar-refractivity contribution in [2.45, 2.75) is 0 Å². The van der Waals surface area contributed by atoms with Crippen LogP contribution in [0.15, 0.2) is 206 Å². The third-order valence-electron chi connectivity index (χ3n) is 10.1. The molecule has 0 amide bonds. The highest BCUT2D eigenvalue weighted by atomic mass is 15.2. The molecule has 10 aromatic rings. The average molecular weight is 679 g/mol. The van der Waals surface area contributed by atoms with Gasteiger partial charge in [-0.3, -0.25) is 8.97 Å². The first-order chi connectivity index (χ1) is 26.3. The average Bonchev–Trinajstić information content (AvgIpc) is 3.78. The molecule has 10 rings (SSSR count). The molecule has 0 spiro atoms. The van der Waals surface area contributed by atoms with Crippen molar-refractivity contribution in [1.82, 2.24) is 14.0 Å². The summed E-state index contributed by atoms with van der Waals surface area (Å²) in [7, 11) is 0. The minimum Gasteiger partial charge on any atom is -0.308 e. The molecule has 250 valence electrons. The number of benzene rings is 8. The van der Waals surface area contributed by atoms with E-state index in [9.17, 15) is 0 Å². The molecule has 4 nitrogen and oxygen atoms in total. The molecule has 8 aromatic carbocycles. The van der Waals surface area contributed by atoms with Crippen LogP contribution in [0.4, 0.5) is 17.1 Å².